The van der Waals surface area contributed by atoms with Crippen molar-refractivity contribution in [3.63, 3.8) is 0 Å². The first-order valence-electron chi connectivity index (χ1n) is 10.3. The highest BCUT2D eigenvalue weighted by molar-refractivity contribution is 5.93. The number of ether oxygens (including phenoxy) is 1. The summed E-state index contributed by atoms with van der Waals surface area (Å²) in [6, 6.07) is 13.6. The number of carbonyl (C=O) groups is 2. The van der Waals surface area contributed by atoms with E-state index in [-0.39, 0.29) is 11.9 Å². The van der Waals surface area contributed by atoms with Gasteiger partial charge in [0.05, 0.1) is 25.8 Å². The van der Waals surface area contributed by atoms with Gasteiger partial charge in [-0.15, -0.1) is 0 Å². The molecule has 154 valence electrons. The Balaban J connectivity index is 1.83. The van der Waals surface area contributed by atoms with Gasteiger partial charge in [0.2, 0.25) is 0 Å². The smallest absolute Gasteiger partial charge is 0.338 e. The topological polar surface area (TPSA) is 55.4 Å². The average Bonchev–Trinajstić information content (AvgIpc) is 2.71. The number of nitrogens with zero attached hydrogens (tertiary/aromatic N) is 1. The van der Waals surface area contributed by atoms with Gasteiger partial charge in [0.25, 0.3) is 5.91 Å². The number of methoxy groups -OCH3 is 1. The van der Waals surface area contributed by atoms with Crippen LogP contribution in [-0.4, -0.2) is 43.1 Å². The molecule has 1 N–H and O–H groups in total. The Morgan fingerprint density at radius 2 is 1.62 bits per heavy atom. The van der Waals surface area contributed by atoms with E-state index in [2.05, 4.69) is 5.32 Å². The molecule has 1 heterocycles. The number of aryl methyl sites for hydroxylation is 2. The highest BCUT2D eigenvalue weighted by Gasteiger charge is 2.34. The van der Waals surface area contributed by atoms with E-state index in [0.29, 0.717) is 23.1 Å². The lowest BCUT2D eigenvalue weighted by Crippen LogP contribution is -2.54. The van der Waals surface area contributed by atoms with Crippen LogP contribution < -0.4 is 5.32 Å². The van der Waals surface area contributed by atoms with Crippen LogP contribution in [0.3, 0.4) is 0 Å². The molecule has 1 aliphatic rings. The van der Waals surface area contributed by atoms with Crippen molar-refractivity contribution in [1.82, 2.24) is 0 Å². The zero-order valence-electron chi connectivity index (χ0n) is 17.7. The monoisotopic (exact) mass is 395 g/mol. The normalized spacial score (nSPS) is 15.6. The number of hydrogen-bond donors (Lipinski definition) is 1. The Morgan fingerprint density at radius 1 is 0.966 bits per heavy atom. The van der Waals surface area contributed by atoms with Crippen molar-refractivity contribution in [1.29, 1.82) is 0 Å². The van der Waals surface area contributed by atoms with Crippen molar-refractivity contribution in [2.75, 3.05) is 32.1 Å². The summed E-state index contributed by atoms with van der Waals surface area (Å²) in [5.74, 6) is -0.296. The maximum Gasteiger partial charge on any atom is 0.338 e. The SMILES string of the molecule is COC(=O)c1ccccc1C[N+]1(CC(=O)Nc2c(C)cccc2C)CCCCC1. The zero-order valence-corrected chi connectivity index (χ0v) is 17.7. The van der Waals surface area contributed by atoms with E-state index >= 15 is 0 Å². The van der Waals surface area contributed by atoms with Crippen LogP contribution in [0.4, 0.5) is 5.69 Å². The third kappa shape index (κ3) is 5.04. The van der Waals surface area contributed by atoms with E-state index < -0.39 is 0 Å². The van der Waals surface area contributed by atoms with Crippen LogP contribution in [0.15, 0.2) is 42.5 Å². The molecule has 0 radical (unpaired) electrons. The summed E-state index contributed by atoms with van der Waals surface area (Å²) >= 11 is 0. The van der Waals surface area contributed by atoms with Gasteiger partial charge in [0.1, 0.15) is 6.54 Å². The van der Waals surface area contributed by atoms with Crippen LogP contribution in [0, 0.1) is 13.8 Å². The van der Waals surface area contributed by atoms with Crippen molar-refractivity contribution in [2.24, 2.45) is 0 Å². The highest BCUT2D eigenvalue weighted by Crippen LogP contribution is 2.26. The number of amides is 1. The molecule has 0 saturated carbocycles. The molecule has 0 atom stereocenters. The summed E-state index contributed by atoms with van der Waals surface area (Å²) in [6.45, 7) is 6.97. The van der Waals surface area contributed by atoms with Gasteiger partial charge in [-0.25, -0.2) is 4.79 Å². The highest BCUT2D eigenvalue weighted by atomic mass is 16.5. The van der Waals surface area contributed by atoms with E-state index in [1.54, 1.807) is 6.07 Å². The molecule has 0 aliphatic carbocycles. The van der Waals surface area contributed by atoms with Crippen molar-refractivity contribution < 1.29 is 18.8 Å². The first-order valence-corrected chi connectivity index (χ1v) is 10.3. The first kappa shape index (κ1) is 21.1. The second-order valence-corrected chi connectivity index (χ2v) is 8.13. The fourth-order valence-electron chi connectivity index (χ4n) is 4.38. The van der Waals surface area contributed by atoms with Gasteiger partial charge in [-0.05, 0) is 50.3 Å². The van der Waals surface area contributed by atoms with E-state index in [4.69, 9.17) is 4.74 Å². The molecule has 0 spiro atoms. The van der Waals surface area contributed by atoms with Crippen LogP contribution >= 0.6 is 0 Å². The number of benzene rings is 2. The summed E-state index contributed by atoms with van der Waals surface area (Å²) in [5.41, 5.74) is 4.58. The average molecular weight is 396 g/mol. The van der Waals surface area contributed by atoms with Gasteiger partial charge in [-0.2, -0.15) is 0 Å². The summed E-state index contributed by atoms with van der Waals surface area (Å²) in [4.78, 5) is 25.2. The maximum atomic E-state index is 13.0. The predicted molar refractivity (Wildman–Crippen MR) is 115 cm³/mol. The molecule has 3 rings (SSSR count). The molecule has 1 aliphatic heterocycles. The summed E-state index contributed by atoms with van der Waals surface area (Å²) in [5, 5.41) is 3.14. The summed E-state index contributed by atoms with van der Waals surface area (Å²) in [6.07, 6.45) is 3.38. The van der Waals surface area contributed by atoms with E-state index in [0.717, 1.165) is 48.3 Å². The fraction of sp³-hybridized carbons (Fsp3) is 0.417. The molecule has 2 aromatic rings. The summed E-state index contributed by atoms with van der Waals surface area (Å²) in [7, 11) is 1.41. The number of carbonyl (C=O) groups excluding carboxylic acids is 2. The molecule has 0 bridgehead atoms. The number of quaternary nitrogens is 1. The predicted octanol–water partition coefficient (Wildman–Crippen LogP) is 4.23. The molecule has 0 unspecified atom stereocenters. The lowest BCUT2D eigenvalue weighted by molar-refractivity contribution is -0.937. The van der Waals surface area contributed by atoms with Crippen LogP contribution in [-0.2, 0) is 16.1 Å². The number of anilines is 1. The lowest BCUT2D eigenvalue weighted by atomic mass is 10.0. The minimum Gasteiger partial charge on any atom is -0.465 e. The van der Waals surface area contributed by atoms with E-state index in [1.165, 1.54) is 13.5 Å². The Morgan fingerprint density at radius 3 is 2.28 bits per heavy atom. The van der Waals surface area contributed by atoms with Gasteiger partial charge in [-0.1, -0.05) is 36.4 Å². The molecule has 1 fully saturated rings. The Bertz CT molecular complexity index is 865. The minimum absolute atomic E-state index is 0.0276. The molecule has 5 nitrogen and oxygen atoms in total. The molecule has 29 heavy (non-hydrogen) atoms. The Kier molecular flexibility index (Phi) is 6.70. The molecule has 5 heteroatoms. The van der Waals surface area contributed by atoms with Gasteiger partial charge in [0, 0.05) is 11.3 Å². The number of likely N-dealkylation sites (tertiary alicyclic amines) is 1. The first-order chi connectivity index (χ1) is 13.9. The van der Waals surface area contributed by atoms with Crippen molar-refractivity contribution >= 4 is 17.6 Å². The van der Waals surface area contributed by atoms with Gasteiger partial charge >= 0.3 is 5.97 Å². The fourth-order valence-corrected chi connectivity index (χ4v) is 4.38. The third-order valence-electron chi connectivity index (χ3n) is 5.92. The maximum absolute atomic E-state index is 13.0. The van der Waals surface area contributed by atoms with Crippen LogP contribution in [0.2, 0.25) is 0 Å². The largest absolute Gasteiger partial charge is 0.465 e. The number of nitrogens with one attached hydrogen (secondary N) is 1. The second-order valence-electron chi connectivity index (χ2n) is 8.13. The summed E-state index contributed by atoms with van der Waals surface area (Å²) < 4.78 is 5.63. The van der Waals surface area contributed by atoms with Gasteiger partial charge in [0.15, 0.2) is 6.54 Å². The molecular formula is C24H31N2O3+. The van der Waals surface area contributed by atoms with Crippen molar-refractivity contribution in [3.05, 3.63) is 64.7 Å². The van der Waals surface area contributed by atoms with E-state index in [9.17, 15) is 9.59 Å². The Labute approximate surface area is 173 Å². The lowest BCUT2D eigenvalue weighted by Gasteiger charge is -2.41. The number of esters is 1. The van der Waals surface area contributed by atoms with Crippen molar-refractivity contribution in [3.8, 4) is 0 Å². The molecule has 1 amide bonds. The van der Waals surface area contributed by atoms with E-state index in [1.807, 2.05) is 50.2 Å². The molecule has 1 saturated heterocycles. The Hall–Kier alpha value is -2.66. The quantitative estimate of drug-likeness (QED) is 0.588. The van der Waals surface area contributed by atoms with Crippen molar-refractivity contribution in [2.45, 2.75) is 39.7 Å². The van der Waals surface area contributed by atoms with Crippen LogP contribution in [0.1, 0.15) is 46.3 Å². The van der Waals surface area contributed by atoms with Crippen LogP contribution in [0.5, 0.6) is 0 Å². The number of hydrogen-bond acceptors (Lipinski definition) is 3. The number of piperidine rings is 1. The third-order valence-corrected chi connectivity index (χ3v) is 5.92. The number of rotatable bonds is 6. The molecular weight excluding hydrogens is 364 g/mol. The second kappa shape index (κ2) is 9.23. The van der Waals surface area contributed by atoms with Gasteiger partial charge in [-0.3, -0.25) is 4.79 Å². The van der Waals surface area contributed by atoms with Gasteiger partial charge < -0.3 is 14.5 Å². The zero-order chi connectivity index (χ0) is 20.9. The standard InChI is InChI=1S/C24H30N2O3/c1-18-10-9-11-19(2)23(18)25-22(27)17-26(14-7-4-8-15-26)16-20-12-5-6-13-21(20)24(28)29-3/h5-6,9-13H,4,7-8,14-17H2,1-3H3/p+1. The molecule has 2 aromatic carbocycles. The molecule has 0 aromatic heterocycles. The minimum atomic E-state index is -0.323. The van der Waals surface area contributed by atoms with Crippen LogP contribution in [0.25, 0.3) is 0 Å². The number of para-hydroxylation sites is 1.